The van der Waals surface area contributed by atoms with Gasteiger partial charge in [-0.3, -0.25) is 9.59 Å². The van der Waals surface area contributed by atoms with Gasteiger partial charge in [-0.15, -0.1) is 0 Å². The number of hydrogen-bond acceptors (Lipinski definition) is 4. The zero-order valence-corrected chi connectivity index (χ0v) is 14.6. The molecule has 2 amide bonds. The van der Waals surface area contributed by atoms with Crippen LogP contribution >= 0.6 is 0 Å². The molecular formula is C20H21N3O3. The highest BCUT2D eigenvalue weighted by Gasteiger charge is 2.07. The van der Waals surface area contributed by atoms with Crippen molar-refractivity contribution in [3.63, 3.8) is 0 Å². The molecule has 2 aromatic rings. The largest absolute Gasteiger partial charge is 0.490 e. The lowest BCUT2D eigenvalue weighted by Gasteiger charge is -2.05. The molecule has 26 heavy (non-hydrogen) atoms. The van der Waals surface area contributed by atoms with E-state index in [1.54, 1.807) is 30.3 Å². The summed E-state index contributed by atoms with van der Waals surface area (Å²) in [6.45, 7) is 5.81. The highest BCUT2D eigenvalue weighted by Crippen LogP contribution is 2.10. The van der Waals surface area contributed by atoms with E-state index < -0.39 is 5.91 Å². The van der Waals surface area contributed by atoms with Crippen LogP contribution in [0.3, 0.4) is 0 Å². The van der Waals surface area contributed by atoms with Crippen molar-refractivity contribution < 1.29 is 14.3 Å². The molecule has 0 aliphatic rings. The Morgan fingerprint density at radius 3 is 2.46 bits per heavy atom. The molecule has 0 saturated heterocycles. The van der Waals surface area contributed by atoms with Gasteiger partial charge in [-0.1, -0.05) is 30.4 Å². The number of benzene rings is 2. The van der Waals surface area contributed by atoms with Gasteiger partial charge in [-0.05, 0) is 48.9 Å². The molecule has 2 N–H and O–H groups in total. The lowest BCUT2D eigenvalue weighted by Crippen LogP contribution is -2.34. The van der Waals surface area contributed by atoms with Crippen LogP contribution in [0.2, 0.25) is 0 Å². The van der Waals surface area contributed by atoms with Crippen LogP contribution in [-0.4, -0.2) is 31.2 Å². The number of hydrogen-bond donors (Lipinski definition) is 2. The van der Waals surface area contributed by atoms with Crippen LogP contribution in [-0.2, 0) is 4.79 Å². The van der Waals surface area contributed by atoms with E-state index >= 15 is 0 Å². The molecule has 0 atom stereocenters. The van der Waals surface area contributed by atoms with Crippen LogP contribution in [0.4, 0.5) is 0 Å². The maximum absolute atomic E-state index is 11.9. The van der Waals surface area contributed by atoms with Crippen molar-refractivity contribution in [1.29, 1.82) is 0 Å². The normalized spacial score (nSPS) is 10.3. The molecule has 0 aromatic heterocycles. The summed E-state index contributed by atoms with van der Waals surface area (Å²) in [4.78, 5) is 23.6. The number of carbonyl (C=O) groups is 2. The van der Waals surface area contributed by atoms with Gasteiger partial charge in [0.1, 0.15) is 12.4 Å². The lowest BCUT2D eigenvalue weighted by atomic mass is 10.1. The Labute approximate surface area is 152 Å². The highest BCUT2D eigenvalue weighted by molar-refractivity contribution is 5.96. The molecule has 0 radical (unpaired) electrons. The first-order valence-electron chi connectivity index (χ1n) is 8.09. The summed E-state index contributed by atoms with van der Waals surface area (Å²) in [5, 5.41) is 6.41. The quantitative estimate of drug-likeness (QED) is 0.435. The Morgan fingerprint density at radius 1 is 1.12 bits per heavy atom. The van der Waals surface area contributed by atoms with E-state index in [1.165, 1.54) is 6.21 Å². The predicted octanol–water partition coefficient (Wildman–Crippen LogP) is 2.44. The van der Waals surface area contributed by atoms with E-state index in [4.69, 9.17) is 4.74 Å². The maximum Gasteiger partial charge on any atom is 0.259 e. The number of nitrogens with one attached hydrogen (secondary N) is 2. The topological polar surface area (TPSA) is 79.8 Å². The van der Waals surface area contributed by atoms with Crippen LogP contribution in [0.5, 0.6) is 5.75 Å². The fourth-order valence-corrected chi connectivity index (χ4v) is 1.99. The van der Waals surface area contributed by atoms with Crippen molar-refractivity contribution in [3.8, 4) is 5.75 Å². The molecule has 0 fully saturated rings. The van der Waals surface area contributed by atoms with Crippen molar-refractivity contribution in [1.82, 2.24) is 10.7 Å². The van der Waals surface area contributed by atoms with Gasteiger partial charge >= 0.3 is 0 Å². The zero-order chi connectivity index (χ0) is 18.8. The fraction of sp³-hybridized carbons (Fsp3) is 0.150. The summed E-state index contributed by atoms with van der Waals surface area (Å²) in [6.07, 6.45) is 3.18. The Bertz CT molecular complexity index is 781. The lowest BCUT2D eigenvalue weighted by molar-refractivity contribution is -0.120. The molecule has 0 bridgehead atoms. The van der Waals surface area contributed by atoms with E-state index in [0.29, 0.717) is 12.2 Å². The molecule has 0 unspecified atom stereocenters. The van der Waals surface area contributed by atoms with Crippen LogP contribution < -0.4 is 15.5 Å². The summed E-state index contributed by atoms with van der Waals surface area (Å²) in [7, 11) is 0. The molecule has 0 aliphatic carbocycles. The second kappa shape index (κ2) is 9.78. The van der Waals surface area contributed by atoms with Gasteiger partial charge in [0.25, 0.3) is 11.8 Å². The number of ether oxygens (including phenoxy) is 1. The second-order valence-corrected chi connectivity index (χ2v) is 5.51. The molecule has 0 saturated carbocycles. The maximum atomic E-state index is 11.9. The molecule has 0 aliphatic heterocycles. The van der Waals surface area contributed by atoms with Gasteiger partial charge in [0.15, 0.2) is 0 Å². The standard InChI is InChI=1S/C20H21N3O3/c1-3-12-26-18-10-6-16(7-11-18)13-22-23-19(24)14-21-20(25)17-8-4-15(2)5-9-17/h3-11,13H,1,12,14H2,2H3,(H,21,25)(H,23,24)/b22-13-. The number of amides is 2. The molecular weight excluding hydrogens is 330 g/mol. The minimum Gasteiger partial charge on any atom is -0.490 e. The van der Waals surface area contributed by atoms with Crippen molar-refractivity contribution in [2.45, 2.75) is 6.92 Å². The average molecular weight is 351 g/mol. The van der Waals surface area contributed by atoms with E-state index in [1.807, 2.05) is 31.2 Å². The smallest absolute Gasteiger partial charge is 0.259 e. The van der Waals surface area contributed by atoms with Crippen LogP contribution in [0.15, 0.2) is 66.3 Å². The molecule has 0 spiro atoms. The number of carbonyl (C=O) groups excluding carboxylic acids is 2. The molecule has 134 valence electrons. The summed E-state index contributed by atoms with van der Waals surface area (Å²) >= 11 is 0. The predicted molar refractivity (Wildman–Crippen MR) is 101 cm³/mol. The van der Waals surface area contributed by atoms with Gasteiger partial charge in [0.2, 0.25) is 0 Å². The Hall–Kier alpha value is -3.41. The highest BCUT2D eigenvalue weighted by atomic mass is 16.5. The van der Waals surface area contributed by atoms with Crippen LogP contribution in [0, 0.1) is 6.92 Å². The zero-order valence-electron chi connectivity index (χ0n) is 14.6. The summed E-state index contributed by atoms with van der Waals surface area (Å²) in [5.41, 5.74) is 4.74. The summed E-state index contributed by atoms with van der Waals surface area (Å²) in [6, 6.07) is 14.3. The monoisotopic (exact) mass is 351 g/mol. The third kappa shape index (κ3) is 6.24. The average Bonchev–Trinajstić information content (AvgIpc) is 2.66. The van der Waals surface area contributed by atoms with Crippen LogP contribution in [0.25, 0.3) is 0 Å². The third-order valence-corrected chi connectivity index (χ3v) is 3.37. The van der Waals surface area contributed by atoms with Gasteiger partial charge in [0, 0.05) is 5.56 Å². The molecule has 6 heteroatoms. The first-order chi connectivity index (χ1) is 12.6. The van der Waals surface area contributed by atoms with Crippen LogP contribution in [0.1, 0.15) is 21.5 Å². The minimum atomic E-state index is -0.410. The van der Waals surface area contributed by atoms with Crippen molar-refractivity contribution in [2.24, 2.45) is 5.10 Å². The van der Waals surface area contributed by atoms with Crippen molar-refractivity contribution >= 4 is 18.0 Å². The first-order valence-corrected chi connectivity index (χ1v) is 8.09. The van der Waals surface area contributed by atoms with E-state index in [9.17, 15) is 9.59 Å². The molecule has 6 nitrogen and oxygen atoms in total. The Kier molecular flexibility index (Phi) is 7.12. The van der Waals surface area contributed by atoms with Crippen molar-refractivity contribution in [2.75, 3.05) is 13.2 Å². The number of rotatable bonds is 8. The summed E-state index contributed by atoms with van der Waals surface area (Å²) in [5.74, 6) is 0.0109. The van der Waals surface area contributed by atoms with Gasteiger partial charge in [0.05, 0.1) is 12.8 Å². The SMILES string of the molecule is C=CCOc1ccc(/C=N\NC(=O)CNC(=O)c2ccc(C)cc2)cc1. The fourth-order valence-electron chi connectivity index (χ4n) is 1.99. The third-order valence-electron chi connectivity index (χ3n) is 3.37. The second-order valence-electron chi connectivity index (χ2n) is 5.51. The van der Waals surface area contributed by atoms with Gasteiger partial charge in [-0.25, -0.2) is 5.43 Å². The number of aryl methyl sites for hydroxylation is 1. The Balaban J connectivity index is 1.75. The van der Waals surface area contributed by atoms with Gasteiger partial charge < -0.3 is 10.1 Å². The number of nitrogens with zero attached hydrogens (tertiary/aromatic N) is 1. The number of hydrazone groups is 1. The summed E-state index contributed by atoms with van der Waals surface area (Å²) < 4.78 is 5.38. The van der Waals surface area contributed by atoms with Crippen molar-refractivity contribution in [3.05, 3.63) is 77.9 Å². The molecule has 2 aromatic carbocycles. The molecule has 0 heterocycles. The first kappa shape index (κ1) is 18.9. The van der Waals surface area contributed by atoms with Gasteiger partial charge in [-0.2, -0.15) is 5.10 Å². The van der Waals surface area contributed by atoms with E-state index in [2.05, 4.69) is 22.4 Å². The minimum absolute atomic E-state index is 0.154. The Morgan fingerprint density at radius 2 is 1.81 bits per heavy atom. The van der Waals surface area contributed by atoms with E-state index in [0.717, 1.165) is 16.9 Å². The van der Waals surface area contributed by atoms with E-state index in [-0.39, 0.29) is 12.5 Å². The molecule has 2 rings (SSSR count).